The van der Waals surface area contributed by atoms with E-state index in [-0.39, 0.29) is 5.97 Å². The SMILES string of the molecule is CCN(CCc1ccc(C(=O)OC)cc1)c1ccccc1. The van der Waals surface area contributed by atoms with Gasteiger partial charge in [-0.15, -0.1) is 0 Å². The maximum Gasteiger partial charge on any atom is 0.337 e. The van der Waals surface area contributed by atoms with E-state index < -0.39 is 0 Å². The highest BCUT2D eigenvalue weighted by Gasteiger charge is 2.06. The Kier molecular flexibility index (Phi) is 5.38. The van der Waals surface area contributed by atoms with Crippen LogP contribution in [0.4, 0.5) is 5.69 Å². The maximum absolute atomic E-state index is 11.4. The number of carbonyl (C=O) groups is 1. The number of methoxy groups -OCH3 is 1. The second-order valence-electron chi connectivity index (χ2n) is 4.85. The van der Waals surface area contributed by atoms with Crippen LogP contribution in [0, 0.1) is 0 Å². The molecule has 21 heavy (non-hydrogen) atoms. The third-order valence-electron chi connectivity index (χ3n) is 3.55. The molecule has 0 bridgehead atoms. The fourth-order valence-electron chi connectivity index (χ4n) is 2.30. The maximum atomic E-state index is 11.4. The summed E-state index contributed by atoms with van der Waals surface area (Å²) >= 11 is 0. The average Bonchev–Trinajstić information content (AvgIpc) is 2.56. The van der Waals surface area contributed by atoms with Gasteiger partial charge in [-0.1, -0.05) is 30.3 Å². The zero-order valence-corrected chi connectivity index (χ0v) is 12.6. The van der Waals surface area contributed by atoms with Crippen LogP contribution in [0.15, 0.2) is 54.6 Å². The van der Waals surface area contributed by atoms with Gasteiger partial charge < -0.3 is 9.64 Å². The van der Waals surface area contributed by atoms with E-state index in [2.05, 4.69) is 36.1 Å². The molecule has 0 N–H and O–H groups in total. The number of nitrogens with zero attached hydrogens (tertiary/aromatic N) is 1. The smallest absolute Gasteiger partial charge is 0.337 e. The number of anilines is 1. The van der Waals surface area contributed by atoms with E-state index in [1.165, 1.54) is 18.4 Å². The first-order valence-corrected chi connectivity index (χ1v) is 7.22. The zero-order valence-electron chi connectivity index (χ0n) is 12.6. The van der Waals surface area contributed by atoms with Crippen LogP contribution in [-0.4, -0.2) is 26.2 Å². The number of carbonyl (C=O) groups excluding carboxylic acids is 1. The second-order valence-corrected chi connectivity index (χ2v) is 4.85. The molecular formula is C18H21NO2. The van der Waals surface area contributed by atoms with Crippen LogP contribution >= 0.6 is 0 Å². The Morgan fingerprint density at radius 2 is 1.71 bits per heavy atom. The minimum absolute atomic E-state index is 0.291. The molecule has 2 aromatic carbocycles. The first kappa shape index (κ1) is 15.1. The van der Waals surface area contributed by atoms with E-state index in [4.69, 9.17) is 4.74 Å². The summed E-state index contributed by atoms with van der Waals surface area (Å²) in [5.74, 6) is -0.291. The van der Waals surface area contributed by atoms with E-state index in [1.807, 2.05) is 30.3 Å². The third kappa shape index (κ3) is 4.09. The van der Waals surface area contributed by atoms with Gasteiger partial charge in [-0.25, -0.2) is 4.79 Å². The van der Waals surface area contributed by atoms with Gasteiger partial charge in [0.1, 0.15) is 0 Å². The van der Waals surface area contributed by atoms with Gasteiger partial charge >= 0.3 is 5.97 Å². The van der Waals surface area contributed by atoms with E-state index in [1.54, 1.807) is 0 Å². The lowest BCUT2D eigenvalue weighted by Gasteiger charge is -2.23. The van der Waals surface area contributed by atoms with Crippen molar-refractivity contribution in [3.05, 3.63) is 65.7 Å². The van der Waals surface area contributed by atoms with Gasteiger partial charge in [0.05, 0.1) is 12.7 Å². The van der Waals surface area contributed by atoms with Crippen molar-refractivity contribution in [2.75, 3.05) is 25.1 Å². The van der Waals surface area contributed by atoms with Crippen molar-refractivity contribution < 1.29 is 9.53 Å². The molecule has 0 spiro atoms. The highest BCUT2D eigenvalue weighted by molar-refractivity contribution is 5.89. The standard InChI is InChI=1S/C18H21NO2/c1-3-19(17-7-5-4-6-8-17)14-13-15-9-11-16(12-10-15)18(20)21-2/h4-12H,3,13-14H2,1-2H3. The highest BCUT2D eigenvalue weighted by Crippen LogP contribution is 2.14. The van der Waals surface area contributed by atoms with E-state index in [0.717, 1.165) is 19.5 Å². The number of likely N-dealkylation sites (N-methyl/N-ethyl adjacent to an activating group) is 1. The molecule has 0 aliphatic rings. The Hall–Kier alpha value is -2.29. The molecule has 0 aliphatic heterocycles. The van der Waals surface area contributed by atoms with E-state index in [0.29, 0.717) is 5.56 Å². The van der Waals surface area contributed by atoms with Crippen molar-refractivity contribution in [3.63, 3.8) is 0 Å². The first-order valence-electron chi connectivity index (χ1n) is 7.22. The van der Waals surface area contributed by atoms with Crippen LogP contribution in [0.1, 0.15) is 22.8 Å². The highest BCUT2D eigenvalue weighted by atomic mass is 16.5. The van der Waals surface area contributed by atoms with Gasteiger partial charge in [0.2, 0.25) is 0 Å². The van der Waals surface area contributed by atoms with Crippen LogP contribution < -0.4 is 4.90 Å². The normalized spacial score (nSPS) is 10.2. The molecular weight excluding hydrogens is 262 g/mol. The number of para-hydroxylation sites is 1. The molecule has 3 nitrogen and oxygen atoms in total. The van der Waals surface area contributed by atoms with Crippen molar-refractivity contribution in [2.45, 2.75) is 13.3 Å². The van der Waals surface area contributed by atoms with Gasteiger partial charge in [0, 0.05) is 18.8 Å². The molecule has 0 amide bonds. The number of rotatable bonds is 6. The largest absolute Gasteiger partial charge is 0.465 e. The van der Waals surface area contributed by atoms with Crippen LogP contribution in [0.2, 0.25) is 0 Å². The summed E-state index contributed by atoms with van der Waals surface area (Å²) in [6.07, 6.45) is 0.949. The fraction of sp³-hybridized carbons (Fsp3) is 0.278. The Labute approximate surface area is 126 Å². The molecule has 0 aliphatic carbocycles. The molecule has 0 aromatic heterocycles. The quantitative estimate of drug-likeness (QED) is 0.759. The molecule has 2 rings (SSSR count). The summed E-state index contributed by atoms with van der Waals surface area (Å²) in [5.41, 5.74) is 3.06. The van der Waals surface area contributed by atoms with Crippen LogP contribution in [0.5, 0.6) is 0 Å². The van der Waals surface area contributed by atoms with Crippen molar-refractivity contribution in [1.82, 2.24) is 0 Å². The fourth-order valence-corrected chi connectivity index (χ4v) is 2.30. The minimum Gasteiger partial charge on any atom is -0.465 e. The predicted octanol–water partition coefficient (Wildman–Crippen LogP) is 3.54. The molecule has 0 fully saturated rings. The molecule has 0 heterocycles. The third-order valence-corrected chi connectivity index (χ3v) is 3.55. The number of benzene rings is 2. The lowest BCUT2D eigenvalue weighted by Crippen LogP contribution is -2.25. The van der Waals surface area contributed by atoms with Crippen LogP contribution in [-0.2, 0) is 11.2 Å². The second kappa shape index (κ2) is 7.48. The van der Waals surface area contributed by atoms with Crippen LogP contribution in [0.3, 0.4) is 0 Å². The predicted molar refractivity (Wildman–Crippen MR) is 85.8 cm³/mol. The Morgan fingerprint density at radius 1 is 1.05 bits per heavy atom. The molecule has 3 heteroatoms. The van der Waals surface area contributed by atoms with Crippen molar-refractivity contribution in [2.24, 2.45) is 0 Å². The van der Waals surface area contributed by atoms with E-state index in [9.17, 15) is 4.79 Å². The molecule has 0 unspecified atom stereocenters. The number of ether oxygens (including phenoxy) is 1. The molecule has 0 atom stereocenters. The summed E-state index contributed by atoms with van der Waals surface area (Å²) in [7, 11) is 1.40. The molecule has 0 saturated heterocycles. The van der Waals surface area contributed by atoms with Gasteiger partial charge in [0.15, 0.2) is 0 Å². The lowest BCUT2D eigenvalue weighted by molar-refractivity contribution is 0.0600. The molecule has 0 saturated carbocycles. The summed E-state index contributed by atoms with van der Waals surface area (Å²) in [5, 5.41) is 0. The number of esters is 1. The first-order chi connectivity index (χ1) is 10.2. The van der Waals surface area contributed by atoms with Crippen molar-refractivity contribution >= 4 is 11.7 Å². The van der Waals surface area contributed by atoms with Gasteiger partial charge in [-0.2, -0.15) is 0 Å². The van der Waals surface area contributed by atoms with Crippen LogP contribution in [0.25, 0.3) is 0 Å². The van der Waals surface area contributed by atoms with Gasteiger partial charge in [-0.3, -0.25) is 0 Å². The summed E-state index contributed by atoms with van der Waals surface area (Å²) in [4.78, 5) is 13.7. The number of hydrogen-bond donors (Lipinski definition) is 0. The summed E-state index contributed by atoms with van der Waals surface area (Å²) in [6.45, 7) is 4.09. The summed E-state index contributed by atoms with van der Waals surface area (Å²) < 4.78 is 4.70. The van der Waals surface area contributed by atoms with Crippen molar-refractivity contribution in [3.8, 4) is 0 Å². The van der Waals surface area contributed by atoms with Gasteiger partial charge in [-0.05, 0) is 43.2 Å². The summed E-state index contributed by atoms with van der Waals surface area (Å²) in [6, 6.07) is 18.0. The van der Waals surface area contributed by atoms with Crippen molar-refractivity contribution in [1.29, 1.82) is 0 Å². The Balaban J connectivity index is 1.97. The topological polar surface area (TPSA) is 29.5 Å². The molecule has 2 aromatic rings. The zero-order chi connectivity index (χ0) is 15.1. The average molecular weight is 283 g/mol. The Bertz CT molecular complexity index is 564. The Morgan fingerprint density at radius 3 is 2.29 bits per heavy atom. The lowest BCUT2D eigenvalue weighted by atomic mass is 10.1. The van der Waals surface area contributed by atoms with Gasteiger partial charge in [0.25, 0.3) is 0 Å². The molecule has 110 valence electrons. The van der Waals surface area contributed by atoms with E-state index >= 15 is 0 Å². The monoisotopic (exact) mass is 283 g/mol. The molecule has 0 radical (unpaired) electrons. The number of hydrogen-bond acceptors (Lipinski definition) is 3. The minimum atomic E-state index is -0.291.